The van der Waals surface area contributed by atoms with Gasteiger partial charge in [0.2, 0.25) is 0 Å². The van der Waals surface area contributed by atoms with Gasteiger partial charge in [-0.15, -0.1) is 0 Å². The van der Waals surface area contributed by atoms with E-state index >= 15 is 0 Å². The first-order valence-corrected chi connectivity index (χ1v) is 3.96. The van der Waals surface area contributed by atoms with Crippen LogP contribution in [0.5, 0.6) is 0 Å². The van der Waals surface area contributed by atoms with Crippen LogP contribution in [0.1, 0.15) is 26.2 Å². The van der Waals surface area contributed by atoms with Crippen molar-refractivity contribution < 1.29 is 34.8 Å². The van der Waals surface area contributed by atoms with E-state index in [9.17, 15) is 0 Å². The van der Waals surface area contributed by atoms with E-state index in [1.165, 1.54) is 19.3 Å². The third-order valence-corrected chi connectivity index (χ3v) is 2.29. The Morgan fingerprint density at radius 2 is 2.00 bits per heavy atom. The molecule has 1 fully saturated rings. The van der Waals surface area contributed by atoms with Crippen molar-refractivity contribution in [3.63, 3.8) is 0 Å². The summed E-state index contributed by atoms with van der Waals surface area (Å²) in [5, 5.41) is 10.1. The van der Waals surface area contributed by atoms with Crippen molar-refractivity contribution in [2.24, 2.45) is 5.92 Å². The molecule has 3 nitrogen and oxygen atoms in total. The molecule has 1 aliphatic rings. The average Bonchev–Trinajstić information content (AvgIpc) is 2.05. The third-order valence-electron chi connectivity index (χ3n) is 2.29. The molecule has 1 N–H and O–H groups in total. The molecule has 0 spiro atoms. The number of rotatable bonds is 2. The van der Waals surface area contributed by atoms with Crippen molar-refractivity contribution in [2.75, 3.05) is 13.1 Å². The molecule has 0 aromatic rings. The minimum atomic E-state index is 0. The first kappa shape index (κ1) is 11.9. The number of hydrogen-bond donors (Lipinski definition) is 1. The summed E-state index contributed by atoms with van der Waals surface area (Å²) < 4.78 is 0. The molecular formula is C7H15N2NaO. The molecule has 4 heteroatoms. The molecule has 60 valence electrons. The maximum atomic E-state index is 8.40. The number of piperidine rings is 1. The van der Waals surface area contributed by atoms with Gasteiger partial charge >= 0.3 is 29.6 Å². The first-order chi connectivity index (χ1) is 4.86. The summed E-state index contributed by atoms with van der Waals surface area (Å²) in [6, 6.07) is 0. The van der Waals surface area contributed by atoms with Crippen LogP contribution in [0.15, 0.2) is 0 Å². The van der Waals surface area contributed by atoms with Gasteiger partial charge in [0.1, 0.15) is 0 Å². The minimum Gasteiger partial charge on any atom is -0.488 e. The Hall–Kier alpha value is 0.880. The molecule has 0 aliphatic carbocycles. The zero-order valence-corrected chi connectivity index (χ0v) is 9.45. The van der Waals surface area contributed by atoms with Gasteiger partial charge in [0, 0.05) is 0 Å². The first-order valence-electron chi connectivity index (χ1n) is 3.96. The largest absolute Gasteiger partial charge is 1.00 e. The molecule has 11 heavy (non-hydrogen) atoms. The second-order valence-corrected chi connectivity index (χ2v) is 2.89. The van der Waals surface area contributed by atoms with E-state index in [4.69, 9.17) is 5.21 Å². The summed E-state index contributed by atoms with van der Waals surface area (Å²) >= 11 is 0. The Morgan fingerprint density at radius 3 is 2.36 bits per heavy atom. The predicted octanol–water partition coefficient (Wildman–Crippen LogP) is -1.21. The Kier molecular flexibility index (Phi) is 6.91. The van der Waals surface area contributed by atoms with Gasteiger partial charge in [-0.2, -0.15) is 0 Å². The molecule has 0 aromatic heterocycles. The van der Waals surface area contributed by atoms with Crippen molar-refractivity contribution in [3.05, 3.63) is 5.59 Å². The molecule has 0 bridgehead atoms. The summed E-state index contributed by atoms with van der Waals surface area (Å²) in [5.41, 5.74) is 3.15. The number of nitrogens with zero attached hydrogens (tertiary/aromatic N) is 2. The van der Waals surface area contributed by atoms with Crippen molar-refractivity contribution in [1.82, 2.24) is 5.01 Å². The summed E-state index contributed by atoms with van der Waals surface area (Å²) in [4.78, 5) is 0. The molecule has 0 amide bonds. The Morgan fingerprint density at radius 1 is 1.45 bits per heavy atom. The third kappa shape index (κ3) is 3.87. The molecule has 0 saturated carbocycles. The molecule has 0 unspecified atom stereocenters. The Bertz CT molecular complexity index is 82.4. The van der Waals surface area contributed by atoms with Crippen LogP contribution in [0, 0.1) is 5.92 Å². The van der Waals surface area contributed by atoms with E-state index < -0.39 is 0 Å². The van der Waals surface area contributed by atoms with Crippen LogP contribution in [0.2, 0.25) is 0 Å². The van der Waals surface area contributed by atoms with Crippen LogP contribution >= 0.6 is 0 Å². The molecule has 1 heterocycles. The maximum Gasteiger partial charge on any atom is 1.00 e. The molecule has 1 aliphatic heterocycles. The van der Waals surface area contributed by atoms with E-state index in [1.54, 1.807) is 5.01 Å². The Labute approximate surface area is 90.4 Å². The van der Waals surface area contributed by atoms with Gasteiger partial charge in [0.25, 0.3) is 0 Å². The maximum absolute atomic E-state index is 8.40. The van der Waals surface area contributed by atoms with Crippen LogP contribution in [-0.2, 0) is 0 Å². The van der Waals surface area contributed by atoms with Gasteiger partial charge in [-0.05, 0) is 31.8 Å². The second kappa shape index (κ2) is 6.40. The quantitative estimate of drug-likeness (QED) is 0.413. The second-order valence-electron chi connectivity index (χ2n) is 2.89. The fraction of sp³-hybridized carbons (Fsp3) is 1.00. The molecule has 1 rings (SSSR count). The van der Waals surface area contributed by atoms with Gasteiger partial charge in [-0.1, -0.05) is 13.3 Å². The summed E-state index contributed by atoms with van der Waals surface area (Å²) in [5.74, 6) is 0.859. The molecule has 0 atom stereocenters. The SMILES string of the molecule is CCC1CCN([N-]O)CC1.[Na+]. The Balaban J connectivity index is 0.000001000. The minimum absolute atomic E-state index is 0. The predicted molar refractivity (Wildman–Crippen MR) is 39.7 cm³/mol. The van der Waals surface area contributed by atoms with Crippen LogP contribution in [0.4, 0.5) is 0 Å². The van der Waals surface area contributed by atoms with Crippen molar-refractivity contribution >= 4 is 0 Å². The monoisotopic (exact) mass is 166 g/mol. The van der Waals surface area contributed by atoms with E-state index in [1.807, 2.05) is 0 Å². The van der Waals surface area contributed by atoms with Gasteiger partial charge in [-0.25, -0.2) is 0 Å². The zero-order chi connectivity index (χ0) is 7.40. The molecular weight excluding hydrogens is 151 g/mol. The smallest absolute Gasteiger partial charge is 0.488 e. The molecule has 0 aromatic carbocycles. The van der Waals surface area contributed by atoms with Crippen molar-refractivity contribution in [3.8, 4) is 0 Å². The summed E-state index contributed by atoms with van der Waals surface area (Å²) in [6.45, 7) is 4.07. The fourth-order valence-electron chi connectivity index (χ4n) is 1.42. The fourth-order valence-corrected chi connectivity index (χ4v) is 1.42. The van der Waals surface area contributed by atoms with Gasteiger partial charge in [0.15, 0.2) is 0 Å². The van der Waals surface area contributed by atoms with E-state index in [2.05, 4.69) is 12.5 Å². The number of hydrogen-bond acceptors (Lipinski definition) is 2. The van der Waals surface area contributed by atoms with E-state index in [-0.39, 0.29) is 29.6 Å². The van der Waals surface area contributed by atoms with Crippen LogP contribution in [0.25, 0.3) is 5.59 Å². The van der Waals surface area contributed by atoms with E-state index in [0.717, 1.165) is 19.0 Å². The zero-order valence-electron chi connectivity index (χ0n) is 7.45. The summed E-state index contributed by atoms with van der Waals surface area (Å²) in [6.07, 6.45) is 3.63. The van der Waals surface area contributed by atoms with Crippen molar-refractivity contribution in [1.29, 1.82) is 0 Å². The van der Waals surface area contributed by atoms with E-state index in [0.29, 0.717) is 0 Å². The standard InChI is InChI=1S/C7H15N2O.Na/c1-2-7-3-5-9(8-10)6-4-7;/h7,10H,2-6H2,1H3;/q-1;+1. The van der Waals surface area contributed by atoms with Crippen LogP contribution in [-0.4, -0.2) is 23.3 Å². The normalized spacial score (nSPS) is 21.3. The molecule has 1 saturated heterocycles. The topological polar surface area (TPSA) is 37.6 Å². The van der Waals surface area contributed by atoms with Gasteiger partial charge < -0.3 is 15.8 Å². The van der Waals surface area contributed by atoms with Gasteiger partial charge in [0.05, 0.1) is 0 Å². The van der Waals surface area contributed by atoms with Crippen LogP contribution in [0.3, 0.4) is 0 Å². The van der Waals surface area contributed by atoms with Crippen molar-refractivity contribution in [2.45, 2.75) is 26.2 Å². The summed E-state index contributed by atoms with van der Waals surface area (Å²) in [7, 11) is 0. The van der Waals surface area contributed by atoms with Crippen LogP contribution < -0.4 is 29.6 Å². The average molecular weight is 166 g/mol. The molecule has 0 radical (unpaired) electrons. The van der Waals surface area contributed by atoms with Gasteiger partial charge in [-0.3, -0.25) is 0 Å².